The maximum Gasteiger partial charge on any atom is 0.230 e. The third kappa shape index (κ3) is 10.6. The molecule has 0 aliphatic rings. The first-order valence-corrected chi connectivity index (χ1v) is 6.50. The van der Waals surface area contributed by atoms with Crippen molar-refractivity contribution in [3.8, 4) is 0 Å². The molecule has 1 unspecified atom stereocenters. The zero-order valence-electron chi connectivity index (χ0n) is 11.5. The zero-order valence-corrected chi connectivity index (χ0v) is 11.5. The van der Waals surface area contributed by atoms with Crippen LogP contribution < -0.4 is 11.1 Å². The standard InChI is InChI=1S/C12H25N3O4/c1-2-14-9-11(10-16)12(17)15-4-6-19-8-7-18-5-3-13/h9,11,16H,2-8,10,13H2,1H3,(H,15,17). The monoisotopic (exact) mass is 275 g/mol. The fourth-order valence-corrected chi connectivity index (χ4v) is 1.21. The molecule has 0 spiro atoms. The van der Waals surface area contributed by atoms with Crippen LogP contribution in [0.2, 0.25) is 0 Å². The summed E-state index contributed by atoms with van der Waals surface area (Å²) < 4.78 is 10.4. The van der Waals surface area contributed by atoms with E-state index in [0.717, 1.165) is 0 Å². The summed E-state index contributed by atoms with van der Waals surface area (Å²) >= 11 is 0. The third-order valence-corrected chi connectivity index (χ3v) is 2.18. The Hall–Kier alpha value is -1.02. The van der Waals surface area contributed by atoms with Crippen molar-refractivity contribution in [1.29, 1.82) is 0 Å². The molecule has 19 heavy (non-hydrogen) atoms. The summed E-state index contributed by atoms with van der Waals surface area (Å²) in [5, 5.41) is 11.7. The molecule has 0 aliphatic heterocycles. The number of amides is 1. The van der Waals surface area contributed by atoms with E-state index in [1.165, 1.54) is 6.21 Å². The molecule has 7 heteroatoms. The van der Waals surface area contributed by atoms with Gasteiger partial charge in [0.1, 0.15) is 0 Å². The van der Waals surface area contributed by atoms with Crippen molar-refractivity contribution in [2.45, 2.75) is 6.92 Å². The molecule has 0 aliphatic carbocycles. The summed E-state index contributed by atoms with van der Waals surface area (Å²) in [4.78, 5) is 15.5. The van der Waals surface area contributed by atoms with Crippen molar-refractivity contribution in [2.75, 3.05) is 52.7 Å². The van der Waals surface area contributed by atoms with Gasteiger partial charge in [-0.2, -0.15) is 0 Å². The molecule has 0 radical (unpaired) electrons. The maximum atomic E-state index is 11.6. The summed E-state index contributed by atoms with van der Waals surface area (Å²) in [5.74, 6) is -0.837. The fraction of sp³-hybridized carbons (Fsp3) is 0.833. The summed E-state index contributed by atoms with van der Waals surface area (Å²) in [6.07, 6.45) is 1.47. The number of nitrogens with zero attached hydrogens (tertiary/aromatic N) is 1. The molecule has 1 amide bonds. The quantitative estimate of drug-likeness (QED) is 0.306. The largest absolute Gasteiger partial charge is 0.395 e. The lowest BCUT2D eigenvalue weighted by Gasteiger charge is -2.10. The summed E-state index contributed by atoms with van der Waals surface area (Å²) in [6.45, 7) is 4.99. The number of ether oxygens (including phenoxy) is 2. The summed E-state index contributed by atoms with van der Waals surface area (Å²) in [7, 11) is 0. The van der Waals surface area contributed by atoms with Crippen molar-refractivity contribution >= 4 is 12.1 Å². The van der Waals surface area contributed by atoms with Crippen LogP contribution in [0.1, 0.15) is 6.92 Å². The number of aliphatic hydroxyl groups excluding tert-OH is 1. The van der Waals surface area contributed by atoms with Gasteiger partial charge in [0.15, 0.2) is 0 Å². The van der Waals surface area contributed by atoms with Gasteiger partial charge in [0.25, 0.3) is 0 Å². The summed E-state index contributed by atoms with van der Waals surface area (Å²) in [6, 6.07) is 0. The fourth-order valence-electron chi connectivity index (χ4n) is 1.21. The highest BCUT2D eigenvalue weighted by Gasteiger charge is 2.13. The molecule has 0 heterocycles. The first kappa shape index (κ1) is 18.0. The smallest absolute Gasteiger partial charge is 0.230 e. The predicted octanol–water partition coefficient (Wildman–Crippen LogP) is -1.21. The minimum atomic E-state index is -0.590. The molecule has 0 aromatic carbocycles. The number of rotatable bonds is 12. The van der Waals surface area contributed by atoms with Gasteiger partial charge in [-0.1, -0.05) is 0 Å². The Labute approximate surface area is 114 Å². The molecule has 7 nitrogen and oxygen atoms in total. The average Bonchev–Trinajstić information content (AvgIpc) is 2.42. The van der Waals surface area contributed by atoms with Crippen LogP contribution in [-0.4, -0.2) is 69.9 Å². The van der Waals surface area contributed by atoms with Crippen molar-refractivity contribution < 1.29 is 19.4 Å². The second-order valence-electron chi connectivity index (χ2n) is 3.74. The Morgan fingerprint density at radius 2 is 2.05 bits per heavy atom. The Balaban J connectivity index is 3.53. The van der Waals surface area contributed by atoms with Crippen LogP contribution >= 0.6 is 0 Å². The minimum Gasteiger partial charge on any atom is -0.395 e. The average molecular weight is 275 g/mol. The molecule has 112 valence electrons. The van der Waals surface area contributed by atoms with Gasteiger partial charge in [-0.3, -0.25) is 9.79 Å². The molecule has 0 aromatic heterocycles. The van der Waals surface area contributed by atoms with E-state index in [0.29, 0.717) is 46.1 Å². The first-order chi connectivity index (χ1) is 9.26. The van der Waals surface area contributed by atoms with E-state index in [4.69, 9.17) is 20.3 Å². The first-order valence-electron chi connectivity index (χ1n) is 6.50. The van der Waals surface area contributed by atoms with Crippen molar-refractivity contribution in [1.82, 2.24) is 5.32 Å². The highest BCUT2D eigenvalue weighted by Crippen LogP contribution is 1.91. The molecule has 0 saturated heterocycles. The Morgan fingerprint density at radius 3 is 2.63 bits per heavy atom. The normalized spacial score (nSPS) is 12.8. The maximum absolute atomic E-state index is 11.6. The van der Waals surface area contributed by atoms with Gasteiger partial charge in [0.2, 0.25) is 5.91 Å². The van der Waals surface area contributed by atoms with Crippen molar-refractivity contribution in [3.05, 3.63) is 0 Å². The SMILES string of the molecule is CCN=CC(CO)C(=O)NCCOCCOCCN. The highest BCUT2D eigenvalue weighted by molar-refractivity contribution is 5.93. The van der Waals surface area contributed by atoms with E-state index < -0.39 is 5.92 Å². The van der Waals surface area contributed by atoms with Crippen LogP contribution in [0.3, 0.4) is 0 Å². The molecule has 0 bridgehead atoms. The van der Waals surface area contributed by atoms with Gasteiger partial charge >= 0.3 is 0 Å². The molecule has 0 rings (SSSR count). The predicted molar refractivity (Wildman–Crippen MR) is 73.3 cm³/mol. The topological polar surface area (TPSA) is 106 Å². The Kier molecular flexibility index (Phi) is 12.7. The van der Waals surface area contributed by atoms with E-state index in [1.54, 1.807) is 0 Å². The Bertz CT molecular complexity index is 249. The molecule has 1 atom stereocenters. The molecular weight excluding hydrogens is 250 g/mol. The van der Waals surface area contributed by atoms with Crippen LogP contribution in [0.5, 0.6) is 0 Å². The lowest BCUT2D eigenvalue weighted by molar-refractivity contribution is -0.124. The van der Waals surface area contributed by atoms with E-state index in [2.05, 4.69) is 10.3 Å². The number of aliphatic imine (C=N–C) groups is 1. The number of aliphatic hydroxyl groups is 1. The van der Waals surface area contributed by atoms with Crippen LogP contribution in [0.25, 0.3) is 0 Å². The van der Waals surface area contributed by atoms with Crippen LogP contribution in [0, 0.1) is 5.92 Å². The number of carbonyl (C=O) groups excluding carboxylic acids is 1. The van der Waals surface area contributed by atoms with Crippen molar-refractivity contribution in [3.63, 3.8) is 0 Å². The number of hydrogen-bond acceptors (Lipinski definition) is 6. The van der Waals surface area contributed by atoms with Gasteiger partial charge in [0.05, 0.1) is 39.0 Å². The molecular formula is C12H25N3O4. The van der Waals surface area contributed by atoms with Gasteiger partial charge in [-0.15, -0.1) is 0 Å². The van der Waals surface area contributed by atoms with Crippen LogP contribution in [-0.2, 0) is 14.3 Å². The lowest BCUT2D eigenvalue weighted by Crippen LogP contribution is -2.35. The molecule has 0 aromatic rings. The number of hydrogen-bond donors (Lipinski definition) is 3. The number of carbonyl (C=O) groups is 1. The number of nitrogens with two attached hydrogens (primary N) is 1. The van der Waals surface area contributed by atoms with Crippen molar-refractivity contribution in [2.24, 2.45) is 16.6 Å². The van der Waals surface area contributed by atoms with Gasteiger partial charge < -0.3 is 25.6 Å². The zero-order chi connectivity index (χ0) is 14.3. The van der Waals surface area contributed by atoms with Crippen LogP contribution in [0.15, 0.2) is 4.99 Å². The Morgan fingerprint density at radius 1 is 1.37 bits per heavy atom. The van der Waals surface area contributed by atoms with E-state index >= 15 is 0 Å². The highest BCUT2D eigenvalue weighted by atomic mass is 16.5. The van der Waals surface area contributed by atoms with E-state index in [1.807, 2.05) is 6.92 Å². The molecule has 0 saturated carbocycles. The number of nitrogens with one attached hydrogen (secondary N) is 1. The van der Waals surface area contributed by atoms with Gasteiger partial charge in [-0.25, -0.2) is 0 Å². The lowest BCUT2D eigenvalue weighted by atomic mass is 10.1. The molecule has 4 N–H and O–H groups in total. The van der Waals surface area contributed by atoms with E-state index in [-0.39, 0.29) is 12.5 Å². The second kappa shape index (κ2) is 13.4. The third-order valence-electron chi connectivity index (χ3n) is 2.18. The van der Waals surface area contributed by atoms with E-state index in [9.17, 15) is 4.79 Å². The van der Waals surface area contributed by atoms with Gasteiger partial charge in [-0.05, 0) is 6.92 Å². The summed E-state index contributed by atoms with van der Waals surface area (Å²) in [5.41, 5.74) is 5.26. The molecule has 0 fully saturated rings. The van der Waals surface area contributed by atoms with Crippen LogP contribution in [0.4, 0.5) is 0 Å². The second-order valence-corrected chi connectivity index (χ2v) is 3.74. The minimum absolute atomic E-state index is 0.247. The van der Waals surface area contributed by atoms with Gasteiger partial charge in [0, 0.05) is 25.8 Å².